The van der Waals surface area contributed by atoms with Crippen LogP contribution < -0.4 is 0 Å². The van der Waals surface area contributed by atoms with E-state index in [4.69, 9.17) is 0 Å². The van der Waals surface area contributed by atoms with Gasteiger partial charge in [-0.3, -0.25) is 0 Å². The largest absolute Gasteiger partial charge is 0.388 e. The monoisotopic (exact) mass is 258 g/mol. The fourth-order valence-corrected chi connectivity index (χ4v) is 5.68. The molecule has 0 aromatic heterocycles. The Labute approximate surface area is 116 Å². The van der Waals surface area contributed by atoms with E-state index in [1.807, 2.05) is 0 Å². The van der Waals surface area contributed by atoms with Crippen molar-refractivity contribution >= 4 is 0 Å². The van der Waals surface area contributed by atoms with Crippen molar-refractivity contribution in [2.75, 3.05) is 0 Å². The first kappa shape index (κ1) is 12.2. The maximum absolute atomic E-state index is 10.3. The Kier molecular flexibility index (Phi) is 2.71. The number of hydrogen-bond acceptors (Lipinski definition) is 1. The number of fused-ring (bicyclic) bond motifs is 5. The van der Waals surface area contributed by atoms with E-state index in [-0.39, 0.29) is 11.5 Å². The molecule has 0 spiro atoms. The fourth-order valence-electron chi connectivity index (χ4n) is 5.68. The van der Waals surface area contributed by atoms with Crippen LogP contribution in [0.4, 0.5) is 0 Å². The van der Waals surface area contributed by atoms with Gasteiger partial charge in [-0.05, 0) is 62.2 Å². The second-order valence-corrected chi connectivity index (χ2v) is 7.59. The minimum absolute atomic E-state index is 0.140. The molecule has 0 aromatic carbocycles. The Balaban J connectivity index is 1.66. The maximum atomic E-state index is 10.3. The molecular weight excluding hydrogens is 232 g/mol. The predicted octanol–water partition coefficient (Wildman–Crippen LogP) is 4.09. The van der Waals surface area contributed by atoms with E-state index >= 15 is 0 Å². The molecule has 0 saturated heterocycles. The average molecular weight is 258 g/mol. The summed E-state index contributed by atoms with van der Waals surface area (Å²) in [5.41, 5.74) is 1.93. The highest BCUT2D eigenvalue weighted by Gasteiger charge is 2.53. The van der Waals surface area contributed by atoms with Crippen molar-refractivity contribution in [3.63, 3.8) is 0 Å². The minimum Gasteiger partial charge on any atom is -0.388 e. The lowest BCUT2D eigenvalue weighted by Gasteiger charge is -2.52. The lowest BCUT2D eigenvalue weighted by Crippen LogP contribution is -2.47. The van der Waals surface area contributed by atoms with Gasteiger partial charge in [0, 0.05) is 5.41 Å². The van der Waals surface area contributed by atoms with Gasteiger partial charge in [-0.2, -0.15) is 0 Å². The summed E-state index contributed by atoms with van der Waals surface area (Å²) in [5, 5.41) is 10.3. The summed E-state index contributed by atoms with van der Waals surface area (Å²) >= 11 is 0. The summed E-state index contributed by atoms with van der Waals surface area (Å²) < 4.78 is 0. The topological polar surface area (TPSA) is 20.2 Å². The highest BCUT2D eigenvalue weighted by Crippen LogP contribution is 2.59. The molecule has 4 aliphatic rings. The van der Waals surface area contributed by atoms with E-state index in [1.54, 1.807) is 5.57 Å². The molecule has 2 saturated carbocycles. The molecule has 1 nitrogen and oxygen atoms in total. The first-order valence-electron chi connectivity index (χ1n) is 8.25. The van der Waals surface area contributed by atoms with Crippen molar-refractivity contribution in [2.24, 2.45) is 29.1 Å². The van der Waals surface area contributed by atoms with E-state index in [1.165, 1.54) is 44.9 Å². The highest BCUT2D eigenvalue weighted by molar-refractivity contribution is 5.23. The van der Waals surface area contributed by atoms with E-state index in [2.05, 4.69) is 25.2 Å². The molecule has 1 N–H and O–H groups in total. The number of aliphatic hydroxyl groups excluding tert-OH is 1. The van der Waals surface area contributed by atoms with Crippen molar-refractivity contribution in [1.29, 1.82) is 0 Å². The molecule has 0 aliphatic heterocycles. The molecule has 1 heteroatoms. The van der Waals surface area contributed by atoms with Crippen LogP contribution in [-0.2, 0) is 0 Å². The molecule has 19 heavy (non-hydrogen) atoms. The van der Waals surface area contributed by atoms with Gasteiger partial charge in [0.2, 0.25) is 0 Å². The summed E-state index contributed by atoms with van der Waals surface area (Å²) in [6.07, 6.45) is 16.3. The Morgan fingerprint density at radius 1 is 1.16 bits per heavy atom. The molecule has 0 aromatic rings. The molecular formula is C18H26O. The average Bonchev–Trinajstić information content (AvgIpc) is 2.75. The third kappa shape index (κ3) is 1.63. The Morgan fingerprint density at radius 3 is 2.95 bits per heavy atom. The van der Waals surface area contributed by atoms with Gasteiger partial charge in [0.1, 0.15) is 0 Å². The molecule has 0 amide bonds. The van der Waals surface area contributed by atoms with Gasteiger partial charge in [-0.15, -0.1) is 0 Å². The van der Waals surface area contributed by atoms with Crippen molar-refractivity contribution < 1.29 is 5.11 Å². The molecule has 0 heterocycles. The van der Waals surface area contributed by atoms with Crippen molar-refractivity contribution in [2.45, 2.75) is 58.0 Å². The number of allylic oxidation sites excluding steroid dienone is 3. The summed E-state index contributed by atoms with van der Waals surface area (Å²) in [4.78, 5) is 0. The standard InChI is InChI=1S/C18H26O/c1-18-11-10-14-13-5-3-2-4-12(13)6-7-15(14)16(18)8-9-17(18)19/h6,8-9,13-17,19H,2-5,7,10-11H2,1H3/t13-,14+,15+,16-,17-,18-/m0/s1. The van der Waals surface area contributed by atoms with Crippen LogP contribution in [0, 0.1) is 29.1 Å². The molecule has 4 aliphatic carbocycles. The van der Waals surface area contributed by atoms with E-state index in [9.17, 15) is 5.11 Å². The second-order valence-electron chi connectivity index (χ2n) is 7.59. The summed E-state index contributed by atoms with van der Waals surface area (Å²) in [7, 11) is 0. The van der Waals surface area contributed by atoms with E-state index < -0.39 is 0 Å². The Hall–Kier alpha value is -0.560. The summed E-state index contributed by atoms with van der Waals surface area (Å²) in [6, 6.07) is 0. The van der Waals surface area contributed by atoms with Crippen LogP contribution >= 0.6 is 0 Å². The second kappa shape index (κ2) is 4.22. The van der Waals surface area contributed by atoms with Crippen LogP contribution in [0.15, 0.2) is 23.8 Å². The number of rotatable bonds is 0. The van der Waals surface area contributed by atoms with Crippen LogP contribution in [0.5, 0.6) is 0 Å². The third-order valence-electron chi connectivity index (χ3n) is 6.84. The molecule has 104 valence electrons. The first-order valence-corrected chi connectivity index (χ1v) is 8.25. The molecule has 4 rings (SSSR count). The zero-order valence-electron chi connectivity index (χ0n) is 12.0. The number of aliphatic hydroxyl groups is 1. The zero-order chi connectivity index (χ0) is 13.0. The van der Waals surface area contributed by atoms with Gasteiger partial charge in [-0.25, -0.2) is 0 Å². The van der Waals surface area contributed by atoms with Crippen LogP contribution in [0.2, 0.25) is 0 Å². The van der Waals surface area contributed by atoms with Crippen molar-refractivity contribution in [1.82, 2.24) is 0 Å². The molecule has 0 bridgehead atoms. The lowest BCUT2D eigenvalue weighted by molar-refractivity contribution is -0.0362. The summed E-state index contributed by atoms with van der Waals surface area (Å²) in [6.45, 7) is 2.32. The van der Waals surface area contributed by atoms with Gasteiger partial charge in [0.05, 0.1) is 6.10 Å². The van der Waals surface area contributed by atoms with Gasteiger partial charge in [0.15, 0.2) is 0 Å². The van der Waals surface area contributed by atoms with Crippen molar-refractivity contribution in [3.05, 3.63) is 23.8 Å². The van der Waals surface area contributed by atoms with Crippen LogP contribution in [0.25, 0.3) is 0 Å². The van der Waals surface area contributed by atoms with Gasteiger partial charge < -0.3 is 5.11 Å². The van der Waals surface area contributed by atoms with Crippen LogP contribution in [0.1, 0.15) is 51.9 Å². The fraction of sp³-hybridized carbons (Fsp3) is 0.778. The first-order chi connectivity index (χ1) is 9.20. The minimum atomic E-state index is -0.199. The highest BCUT2D eigenvalue weighted by atomic mass is 16.3. The van der Waals surface area contributed by atoms with Crippen LogP contribution in [0.3, 0.4) is 0 Å². The Morgan fingerprint density at radius 2 is 2.05 bits per heavy atom. The molecule has 2 fully saturated rings. The van der Waals surface area contributed by atoms with Crippen molar-refractivity contribution in [3.8, 4) is 0 Å². The predicted molar refractivity (Wildman–Crippen MR) is 77.6 cm³/mol. The van der Waals surface area contributed by atoms with Crippen LogP contribution in [-0.4, -0.2) is 11.2 Å². The Bertz CT molecular complexity index is 435. The van der Waals surface area contributed by atoms with E-state index in [0.717, 1.165) is 17.8 Å². The zero-order valence-corrected chi connectivity index (χ0v) is 12.0. The molecule has 0 radical (unpaired) electrons. The molecule has 0 unspecified atom stereocenters. The van der Waals surface area contributed by atoms with E-state index in [0.29, 0.717) is 5.92 Å². The quantitative estimate of drug-likeness (QED) is 0.649. The SMILES string of the molecule is C[C@]12CC[C@H]3[C@@H](CC=C4CCCC[C@@H]43)[C@@H]1C=C[C@@H]2O. The lowest BCUT2D eigenvalue weighted by atomic mass is 9.53. The third-order valence-corrected chi connectivity index (χ3v) is 6.84. The number of hydrogen-bond donors (Lipinski definition) is 1. The summed E-state index contributed by atoms with van der Waals surface area (Å²) in [5.74, 6) is 3.23. The maximum Gasteiger partial charge on any atom is 0.0780 e. The molecule has 6 atom stereocenters. The van der Waals surface area contributed by atoms with Gasteiger partial charge in [0.25, 0.3) is 0 Å². The normalized spacial score (nSPS) is 52.1. The van der Waals surface area contributed by atoms with Gasteiger partial charge >= 0.3 is 0 Å². The van der Waals surface area contributed by atoms with Gasteiger partial charge in [-0.1, -0.05) is 37.1 Å². The smallest absolute Gasteiger partial charge is 0.0780 e.